The number of nitrogens with one attached hydrogen (secondary N) is 3. The number of hydrogen-bond donors (Lipinski definition) is 3. The summed E-state index contributed by atoms with van der Waals surface area (Å²) in [7, 11) is 1.78. The van der Waals surface area contributed by atoms with Crippen LogP contribution < -0.4 is 21.5 Å². The van der Waals surface area contributed by atoms with Crippen molar-refractivity contribution in [1.29, 1.82) is 0 Å². The van der Waals surface area contributed by atoms with Crippen LogP contribution in [0.5, 0.6) is 0 Å². The van der Waals surface area contributed by atoms with E-state index in [1.54, 1.807) is 17.7 Å². The van der Waals surface area contributed by atoms with Gasteiger partial charge in [0.05, 0.1) is 24.4 Å². The minimum Gasteiger partial charge on any atom is -0.386 e. The van der Waals surface area contributed by atoms with Gasteiger partial charge in [-0.3, -0.25) is 4.79 Å². The molecular formula is C21H23N7O3. The second-order valence-electron chi connectivity index (χ2n) is 8.41. The van der Waals surface area contributed by atoms with Crippen LogP contribution in [-0.4, -0.2) is 44.3 Å². The lowest BCUT2D eigenvalue weighted by Gasteiger charge is -2.36. The Balaban J connectivity index is 1.52. The van der Waals surface area contributed by atoms with E-state index < -0.39 is 0 Å². The lowest BCUT2D eigenvalue weighted by Crippen LogP contribution is -2.52. The Kier molecular flexibility index (Phi) is 4.04. The molecule has 31 heavy (non-hydrogen) atoms. The van der Waals surface area contributed by atoms with Gasteiger partial charge in [-0.25, -0.2) is 19.3 Å². The van der Waals surface area contributed by atoms with Gasteiger partial charge in [-0.15, -0.1) is 0 Å². The molecule has 1 aliphatic heterocycles. The maximum absolute atomic E-state index is 13.1. The van der Waals surface area contributed by atoms with Crippen molar-refractivity contribution in [3.05, 3.63) is 40.6 Å². The van der Waals surface area contributed by atoms with Crippen LogP contribution in [-0.2, 0) is 11.3 Å². The fourth-order valence-electron chi connectivity index (χ4n) is 4.25. The number of rotatable bonds is 2. The number of fused-ring (bicyclic) bond motifs is 4. The highest BCUT2D eigenvalue weighted by Crippen LogP contribution is 2.35. The molecule has 3 aromatic rings. The van der Waals surface area contributed by atoms with Gasteiger partial charge in [-0.05, 0) is 37.3 Å². The Morgan fingerprint density at radius 2 is 2.06 bits per heavy atom. The molecule has 0 radical (unpaired) electrons. The van der Waals surface area contributed by atoms with Crippen LogP contribution in [0.4, 0.5) is 22.0 Å². The molecule has 10 nitrogen and oxygen atoms in total. The molecule has 3 N–H and O–H groups in total. The Morgan fingerprint density at radius 1 is 1.19 bits per heavy atom. The summed E-state index contributed by atoms with van der Waals surface area (Å²) in [5.41, 5.74) is 3.00. The van der Waals surface area contributed by atoms with Crippen LogP contribution in [0, 0.1) is 0 Å². The number of nitrogens with zero attached hydrogens (tertiary/aromatic N) is 4. The van der Waals surface area contributed by atoms with E-state index in [0.29, 0.717) is 29.3 Å². The van der Waals surface area contributed by atoms with E-state index in [-0.39, 0.29) is 29.8 Å². The molecule has 160 valence electrons. The molecule has 2 atom stereocenters. The summed E-state index contributed by atoms with van der Waals surface area (Å²) in [4.78, 5) is 35.0. The number of amides is 1. The molecule has 2 fully saturated rings. The fourth-order valence-corrected chi connectivity index (χ4v) is 4.25. The average molecular weight is 421 g/mol. The minimum atomic E-state index is -0.292. The second kappa shape index (κ2) is 6.81. The number of pyridine rings is 2. The Hall–Kier alpha value is -3.40. The molecule has 10 heteroatoms. The Labute approximate surface area is 177 Å². The van der Waals surface area contributed by atoms with Gasteiger partial charge >= 0.3 is 6.03 Å². The van der Waals surface area contributed by atoms with Gasteiger partial charge in [-0.2, -0.15) is 0 Å². The fraction of sp³-hybridized carbons (Fsp3) is 0.429. The maximum Gasteiger partial charge on any atom is 0.328 e. The van der Waals surface area contributed by atoms with E-state index in [1.807, 2.05) is 12.3 Å². The van der Waals surface area contributed by atoms with Crippen molar-refractivity contribution in [3.63, 3.8) is 0 Å². The predicted octanol–water partition coefficient (Wildman–Crippen LogP) is 2.33. The molecule has 0 saturated heterocycles. The molecule has 1 amide bonds. The standard InChI is InChI=1S/C21H23N7O3/c1-22-14-7-17-24-15-6-11(8-27(20(15)29)12-2-3-12)9-31-16-5-4-13(16)25-21(30)28-10-23-18(14)19(28)26-17/h6-8,10,12-13,16H,2-5,9H2,1H3,(H,25,30)(H2,22,24,26)/t13-,16-/m1/s1. The first kappa shape index (κ1) is 18.4. The van der Waals surface area contributed by atoms with Crippen LogP contribution >= 0.6 is 0 Å². The van der Waals surface area contributed by atoms with Gasteiger partial charge in [0.25, 0.3) is 5.56 Å². The highest BCUT2D eigenvalue weighted by atomic mass is 16.5. The third kappa shape index (κ3) is 3.05. The molecule has 0 aromatic carbocycles. The number of hydrogen-bond acceptors (Lipinski definition) is 7. The van der Waals surface area contributed by atoms with Gasteiger partial charge in [0.1, 0.15) is 23.3 Å². The number of ether oxygens (including phenoxy) is 1. The number of aromatic nitrogens is 4. The van der Waals surface area contributed by atoms with Crippen molar-refractivity contribution in [2.75, 3.05) is 17.7 Å². The molecule has 3 aromatic heterocycles. The number of carbonyl (C=O) groups is 1. The summed E-state index contributed by atoms with van der Waals surface area (Å²) in [6.07, 6.45) is 7.07. The van der Waals surface area contributed by atoms with Gasteiger partial charge in [0.2, 0.25) is 0 Å². The third-order valence-electron chi connectivity index (χ3n) is 6.28. The summed E-state index contributed by atoms with van der Waals surface area (Å²) < 4.78 is 9.31. The van der Waals surface area contributed by atoms with Gasteiger partial charge in [-0.1, -0.05) is 0 Å². The van der Waals surface area contributed by atoms with E-state index in [2.05, 4.69) is 25.9 Å². The van der Waals surface area contributed by atoms with Gasteiger partial charge < -0.3 is 25.3 Å². The molecule has 3 aliphatic rings. The van der Waals surface area contributed by atoms with Gasteiger partial charge in [0, 0.05) is 25.4 Å². The van der Waals surface area contributed by atoms with Crippen molar-refractivity contribution >= 4 is 34.4 Å². The summed E-state index contributed by atoms with van der Waals surface area (Å²) in [5.74, 6) is 0.461. The van der Waals surface area contributed by atoms with E-state index >= 15 is 0 Å². The number of imidazole rings is 1. The zero-order valence-corrected chi connectivity index (χ0v) is 17.1. The molecule has 0 spiro atoms. The Bertz CT molecular complexity index is 1260. The monoisotopic (exact) mass is 421 g/mol. The molecule has 2 saturated carbocycles. The minimum absolute atomic E-state index is 0.0595. The first-order valence-corrected chi connectivity index (χ1v) is 10.6. The van der Waals surface area contributed by atoms with Crippen LogP contribution in [0.15, 0.2) is 29.5 Å². The SMILES string of the molecule is CNc1cc2nc3c1ncn3C(=O)N[C@@H]1CC[C@H]1OCc1cc(c(=O)n(C3CC3)c1)N2. The third-order valence-corrected chi connectivity index (χ3v) is 6.28. The topological polar surface area (TPSA) is 115 Å². The molecule has 4 heterocycles. The second-order valence-corrected chi connectivity index (χ2v) is 8.41. The molecule has 4 bridgehead atoms. The first-order chi connectivity index (χ1) is 15.1. The summed E-state index contributed by atoms with van der Waals surface area (Å²) in [6.45, 7) is 0.378. The molecule has 0 unspecified atom stereocenters. The van der Waals surface area contributed by atoms with Crippen LogP contribution in [0.1, 0.15) is 37.3 Å². The Morgan fingerprint density at radius 3 is 2.81 bits per heavy atom. The van der Waals surface area contributed by atoms with E-state index in [1.165, 1.54) is 10.9 Å². The zero-order chi connectivity index (χ0) is 21.1. The van der Waals surface area contributed by atoms with Crippen LogP contribution in [0.2, 0.25) is 0 Å². The smallest absolute Gasteiger partial charge is 0.328 e. The maximum atomic E-state index is 13.1. The van der Waals surface area contributed by atoms with Crippen LogP contribution in [0.3, 0.4) is 0 Å². The predicted molar refractivity (Wildman–Crippen MR) is 115 cm³/mol. The molecule has 6 rings (SSSR count). The van der Waals surface area contributed by atoms with E-state index in [9.17, 15) is 9.59 Å². The normalized spacial score (nSPS) is 22.8. The summed E-state index contributed by atoms with van der Waals surface area (Å²) in [5, 5.41) is 9.32. The van der Waals surface area contributed by atoms with Gasteiger partial charge in [0.15, 0.2) is 5.65 Å². The molecule has 2 aliphatic carbocycles. The van der Waals surface area contributed by atoms with Crippen molar-refractivity contribution < 1.29 is 9.53 Å². The van der Waals surface area contributed by atoms with Crippen LogP contribution in [0.25, 0.3) is 11.2 Å². The number of carbonyl (C=O) groups excluding carboxylic acids is 1. The highest BCUT2D eigenvalue weighted by molar-refractivity contribution is 5.94. The van der Waals surface area contributed by atoms with Crippen molar-refractivity contribution in [2.45, 2.75) is 50.5 Å². The average Bonchev–Trinajstić information content (AvgIpc) is 3.50. The lowest BCUT2D eigenvalue weighted by atomic mass is 9.89. The number of anilines is 3. The van der Waals surface area contributed by atoms with E-state index in [0.717, 1.165) is 36.9 Å². The quantitative estimate of drug-likeness (QED) is 0.582. The van der Waals surface area contributed by atoms with Crippen molar-refractivity contribution in [3.8, 4) is 0 Å². The first-order valence-electron chi connectivity index (χ1n) is 10.6. The van der Waals surface area contributed by atoms with Crippen molar-refractivity contribution in [1.82, 2.24) is 24.4 Å². The zero-order valence-electron chi connectivity index (χ0n) is 17.1. The van der Waals surface area contributed by atoms with Crippen molar-refractivity contribution in [2.24, 2.45) is 0 Å². The van der Waals surface area contributed by atoms with E-state index in [4.69, 9.17) is 4.74 Å². The summed E-state index contributed by atoms with van der Waals surface area (Å²) in [6, 6.07) is 3.51. The highest BCUT2D eigenvalue weighted by Gasteiger charge is 2.34. The largest absolute Gasteiger partial charge is 0.386 e. The summed E-state index contributed by atoms with van der Waals surface area (Å²) >= 11 is 0. The lowest BCUT2D eigenvalue weighted by molar-refractivity contribution is -0.0325. The molecular weight excluding hydrogens is 398 g/mol.